The minimum absolute atomic E-state index is 0.147. The summed E-state index contributed by atoms with van der Waals surface area (Å²) in [6, 6.07) is 10.2. The van der Waals surface area contributed by atoms with Crippen molar-refractivity contribution in [2.75, 3.05) is 26.2 Å². The Labute approximate surface area is 203 Å². The highest BCUT2D eigenvalue weighted by molar-refractivity contribution is 7.88. The zero-order valence-corrected chi connectivity index (χ0v) is 20.7. The lowest BCUT2D eigenvalue weighted by molar-refractivity contribution is -0.126. The van der Waals surface area contributed by atoms with E-state index in [0.717, 1.165) is 5.56 Å². The van der Waals surface area contributed by atoms with Crippen molar-refractivity contribution < 1.29 is 17.9 Å². The average molecular weight is 520 g/mol. The van der Waals surface area contributed by atoms with Gasteiger partial charge in [0.2, 0.25) is 15.9 Å². The SMILES string of the molecule is Cc1ccc(OCCNC(=O)[C@@H]2CCCN(S(=O)(=O)Cc3ccc(Cl)cc3Cl)C2)cc1Cl. The van der Waals surface area contributed by atoms with Crippen LogP contribution in [0.3, 0.4) is 0 Å². The Morgan fingerprint density at radius 1 is 1.16 bits per heavy atom. The Hall–Kier alpha value is -1.51. The number of rotatable bonds is 8. The van der Waals surface area contributed by atoms with Crippen LogP contribution < -0.4 is 10.1 Å². The largest absolute Gasteiger partial charge is 0.492 e. The van der Waals surface area contributed by atoms with E-state index in [9.17, 15) is 13.2 Å². The number of hydrogen-bond donors (Lipinski definition) is 1. The normalized spacial score (nSPS) is 17.2. The zero-order chi connectivity index (χ0) is 23.3. The van der Waals surface area contributed by atoms with Gasteiger partial charge in [0.25, 0.3) is 0 Å². The van der Waals surface area contributed by atoms with Gasteiger partial charge in [0.05, 0.1) is 18.2 Å². The fourth-order valence-electron chi connectivity index (χ4n) is 3.49. The zero-order valence-electron chi connectivity index (χ0n) is 17.6. The molecule has 1 atom stereocenters. The number of halogens is 3. The van der Waals surface area contributed by atoms with E-state index in [0.29, 0.717) is 52.3 Å². The standard InChI is InChI=1S/C22H25Cl3N2O4S/c1-15-4-7-19(12-20(15)24)31-10-8-26-22(28)16-3-2-9-27(13-16)32(29,30)14-17-5-6-18(23)11-21(17)25/h4-7,11-12,16H,2-3,8-10,13-14H2,1H3,(H,26,28)/t16-/m1/s1. The lowest BCUT2D eigenvalue weighted by Crippen LogP contribution is -2.46. The number of carbonyl (C=O) groups is 1. The molecule has 3 rings (SSSR count). The van der Waals surface area contributed by atoms with Crippen LogP contribution in [0.1, 0.15) is 24.0 Å². The van der Waals surface area contributed by atoms with Crippen LogP contribution in [0.25, 0.3) is 0 Å². The summed E-state index contributed by atoms with van der Waals surface area (Å²) in [5, 5.41) is 4.20. The summed E-state index contributed by atoms with van der Waals surface area (Å²) in [7, 11) is -3.62. The molecule has 1 aliphatic heterocycles. The molecule has 1 fully saturated rings. The van der Waals surface area contributed by atoms with Gasteiger partial charge in [-0.05, 0) is 55.2 Å². The Balaban J connectivity index is 1.50. The van der Waals surface area contributed by atoms with E-state index in [2.05, 4.69) is 5.32 Å². The third kappa shape index (κ3) is 6.75. The second-order valence-electron chi connectivity index (χ2n) is 7.74. The van der Waals surface area contributed by atoms with Gasteiger partial charge in [-0.3, -0.25) is 4.79 Å². The number of nitrogens with one attached hydrogen (secondary N) is 1. The van der Waals surface area contributed by atoms with E-state index < -0.39 is 15.9 Å². The van der Waals surface area contributed by atoms with Gasteiger partial charge >= 0.3 is 0 Å². The number of sulfonamides is 1. The molecule has 32 heavy (non-hydrogen) atoms. The van der Waals surface area contributed by atoms with Crippen molar-refractivity contribution >= 4 is 50.7 Å². The number of hydrogen-bond acceptors (Lipinski definition) is 4. The third-order valence-corrected chi connectivity index (χ3v) is 8.10. The predicted molar refractivity (Wildman–Crippen MR) is 128 cm³/mol. The molecular weight excluding hydrogens is 495 g/mol. The predicted octanol–water partition coefficient (Wildman–Crippen LogP) is 4.69. The lowest BCUT2D eigenvalue weighted by Gasteiger charge is -2.31. The molecule has 2 aromatic rings. The Morgan fingerprint density at radius 3 is 2.66 bits per heavy atom. The average Bonchev–Trinajstić information content (AvgIpc) is 2.75. The first-order chi connectivity index (χ1) is 15.2. The molecule has 1 heterocycles. The third-order valence-electron chi connectivity index (χ3n) is 5.31. The minimum Gasteiger partial charge on any atom is -0.492 e. The molecule has 174 valence electrons. The molecular formula is C22H25Cl3N2O4S. The highest BCUT2D eigenvalue weighted by Gasteiger charge is 2.32. The van der Waals surface area contributed by atoms with Gasteiger partial charge in [0.15, 0.2) is 0 Å². The highest BCUT2D eigenvalue weighted by atomic mass is 35.5. The fourth-order valence-corrected chi connectivity index (χ4v) is 5.85. The molecule has 0 radical (unpaired) electrons. The first kappa shape index (κ1) is 25.1. The maximum atomic E-state index is 12.9. The van der Waals surface area contributed by atoms with Crippen LogP contribution in [0, 0.1) is 12.8 Å². The van der Waals surface area contributed by atoms with Gasteiger partial charge in [-0.2, -0.15) is 0 Å². The first-order valence-electron chi connectivity index (χ1n) is 10.2. The summed E-state index contributed by atoms with van der Waals surface area (Å²) in [4.78, 5) is 12.6. The summed E-state index contributed by atoms with van der Waals surface area (Å²) in [6.07, 6.45) is 1.25. The molecule has 0 aliphatic carbocycles. The van der Waals surface area contributed by atoms with Gasteiger partial charge in [0, 0.05) is 28.2 Å². The van der Waals surface area contributed by atoms with Crippen LogP contribution in [0.4, 0.5) is 0 Å². The molecule has 6 nitrogen and oxygen atoms in total. The van der Waals surface area contributed by atoms with E-state index in [1.54, 1.807) is 18.2 Å². The maximum absolute atomic E-state index is 12.9. The molecule has 0 unspecified atom stereocenters. The smallest absolute Gasteiger partial charge is 0.224 e. The summed E-state index contributed by atoms with van der Waals surface area (Å²) < 4.78 is 32.8. The number of nitrogens with zero attached hydrogens (tertiary/aromatic N) is 1. The van der Waals surface area contributed by atoms with E-state index in [1.807, 2.05) is 19.1 Å². The van der Waals surface area contributed by atoms with Gasteiger partial charge < -0.3 is 10.1 Å². The molecule has 1 N–H and O–H groups in total. The van der Waals surface area contributed by atoms with Crippen LogP contribution in [-0.4, -0.2) is 44.9 Å². The molecule has 2 aromatic carbocycles. The Morgan fingerprint density at radius 2 is 1.94 bits per heavy atom. The second kappa shape index (κ2) is 11.1. The van der Waals surface area contributed by atoms with Crippen molar-refractivity contribution in [3.05, 3.63) is 62.6 Å². The Bertz CT molecular complexity index is 1080. The monoisotopic (exact) mass is 518 g/mol. The number of benzene rings is 2. The first-order valence-corrected chi connectivity index (χ1v) is 13.0. The molecule has 0 aromatic heterocycles. The van der Waals surface area contributed by atoms with Crippen LogP contribution in [0.5, 0.6) is 5.75 Å². The van der Waals surface area contributed by atoms with Crippen molar-refractivity contribution in [1.29, 1.82) is 0 Å². The van der Waals surface area contributed by atoms with Crippen molar-refractivity contribution in [3.63, 3.8) is 0 Å². The molecule has 0 spiro atoms. The van der Waals surface area contributed by atoms with E-state index in [-0.39, 0.29) is 24.8 Å². The number of amides is 1. The second-order valence-corrected chi connectivity index (χ2v) is 11.0. The van der Waals surface area contributed by atoms with Crippen LogP contribution in [0.15, 0.2) is 36.4 Å². The lowest BCUT2D eigenvalue weighted by atomic mass is 9.99. The number of piperidine rings is 1. The van der Waals surface area contributed by atoms with E-state index >= 15 is 0 Å². The molecule has 1 saturated heterocycles. The Kier molecular flexibility index (Phi) is 8.69. The van der Waals surface area contributed by atoms with Crippen LogP contribution >= 0.6 is 34.8 Å². The number of ether oxygens (including phenoxy) is 1. The van der Waals surface area contributed by atoms with E-state index in [1.165, 1.54) is 10.4 Å². The minimum atomic E-state index is -3.62. The van der Waals surface area contributed by atoms with Crippen molar-refractivity contribution in [3.8, 4) is 5.75 Å². The van der Waals surface area contributed by atoms with Gasteiger partial charge in [-0.25, -0.2) is 12.7 Å². The molecule has 1 amide bonds. The van der Waals surface area contributed by atoms with Crippen molar-refractivity contribution in [2.45, 2.75) is 25.5 Å². The van der Waals surface area contributed by atoms with E-state index in [4.69, 9.17) is 39.5 Å². The van der Waals surface area contributed by atoms with Gasteiger partial charge in [-0.1, -0.05) is 46.9 Å². The van der Waals surface area contributed by atoms with Gasteiger partial charge in [0.1, 0.15) is 12.4 Å². The quantitative estimate of drug-likeness (QED) is 0.513. The molecule has 10 heteroatoms. The summed E-state index contributed by atoms with van der Waals surface area (Å²) >= 11 is 18.1. The fraction of sp³-hybridized carbons (Fsp3) is 0.409. The van der Waals surface area contributed by atoms with Crippen molar-refractivity contribution in [1.82, 2.24) is 9.62 Å². The highest BCUT2D eigenvalue weighted by Crippen LogP contribution is 2.26. The van der Waals surface area contributed by atoms with Crippen LogP contribution in [0.2, 0.25) is 15.1 Å². The molecule has 1 aliphatic rings. The molecule has 0 saturated carbocycles. The van der Waals surface area contributed by atoms with Crippen LogP contribution in [-0.2, 0) is 20.6 Å². The topological polar surface area (TPSA) is 75.7 Å². The van der Waals surface area contributed by atoms with Crippen molar-refractivity contribution in [2.24, 2.45) is 5.92 Å². The summed E-state index contributed by atoms with van der Waals surface area (Å²) in [5.74, 6) is -0.191. The molecule has 0 bridgehead atoms. The maximum Gasteiger partial charge on any atom is 0.224 e. The summed E-state index contributed by atoms with van der Waals surface area (Å²) in [5.41, 5.74) is 1.44. The number of aryl methyl sites for hydroxylation is 1. The van der Waals surface area contributed by atoms with Gasteiger partial charge in [-0.15, -0.1) is 0 Å². The number of carbonyl (C=O) groups excluding carboxylic acids is 1. The summed E-state index contributed by atoms with van der Waals surface area (Å²) in [6.45, 7) is 3.04.